The SMILES string of the molecule is [C-]#[N+]c1cc(C(=O)O/N=C(\N)c2cccc3c2CC[C@H]3N(CCO[Si](C)(C)C(C)(C)C)C(=O)OC(C)(C)C)ccc1OC(C)C. The zero-order chi connectivity index (χ0) is 33.7. The molecular weight excluding hydrogens is 588 g/mol. The van der Waals surface area contributed by atoms with E-state index in [4.69, 9.17) is 31.0 Å². The third-order valence-electron chi connectivity index (χ3n) is 8.03. The van der Waals surface area contributed by atoms with E-state index in [1.54, 1.807) is 11.0 Å². The first-order valence-electron chi connectivity index (χ1n) is 15.3. The Balaban J connectivity index is 1.83. The fourth-order valence-electron chi connectivity index (χ4n) is 4.78. The first-order chi connectivity index (χ1) is 20.8. The summed E-state index contributed by atoms with van der Waals surface area (Å²) in [7, 11) is -2.02. The highest BCUT2D eigenvalue weighted by Crippen LogP contribution is 2.39. The highest BCUT2D eigenvalue weighted by atomic mass is 28.4. The molecule has 10 nitrogen and oxygen atoms in total. The van der Waals surface area contributed by atoms with Gasteiger partial charge in [-0.3, -0.25) is 4.90 Å². The second kappa shape index (κ2) is 14.0. The molecule has 0 spiro atoms. The smallest absolute Gasteiger partial charge is 0.410 e. The van der Waals surface area contributed by atoms with E-state index in [2.05, 4.69) is 43.9 Å². The highest BCUT2D eigenvalue weighted by Gasteiger charge is 2.39. The number of fused-ring (bicyclic) bond motifs is 1. The maximum atomic E-state index is 13.5. The Morgan fingerprint density at radius 3 is 2.42 bits per heavy atom. The lowest BCUT2D eigenvalue weighted by atomic mass is 10.0. The van der Waals surface area contributed by atoms with Crippen molar-refractivity contribution in [3.63, 3.8) is 0 Å². The number of rotatable bonds is 10. The van der Waals surface area contributed by atoms with Crippen LogP contribution in [0.5, 0.6) is 5.75 Å². The summed E-state index contributed by atoms with van der Waals surface area (Å²) in [5.41, 5.74) is 8.55. The van der Waals surface area contributed by atoms with Crippen LogP contribution in [0.2, 0.25) is 18.1 Å². The molecule has 11 heteroatoms. The zero-order valence-corrected chi connectivity index (χ0v) is 29.3. The minimum Gasteiger partial charge on any atom is -0.502 e. The molecule has 0 radical (unpaired) electrons. The zero-order valence-electron chi connectivity index (χ0n) is 28.3. The molecule has 2 N–H and O–H groups in total. The fourth-order valence-corrected chi connectivity index (χ4v) is 5.82. The van der Waals surface area contributed by atoms with E-state index in [1.807, 2.05) is 52.8 Å². The van der Waals surface area contributed by atoms with Gasteiger partial charge in [0, 0.05) is 12.1 Å². The average molecular weight is 637 g/mol. The van der Waals surface area contributed by atoms with E-state index in [-0.39, 0.29) is 34.3 Å². The van der Waals surface area contributed by atoms with Crippen LogP contribution < -0.4 is 10.5 Å². The molecule has 0 heterocycles. The standard InChI is InChI=1S/C34H48N4O6Si/c1-22(2)42-29-18-15-23(21-27(29)36-9)31(39)44-37-30(35)26-14-12-13-25-24(26)16-17-28(25)38(32(40)43-33(3,4)5)19-20-41-45(10,11)34(6,7)8/h12-15,18,21-22,28H,16-17,19-20H2,1-8,10-11H3,(H2,35,37)/t28-/m1/s1. The van der Waals surface area contributed by atoms with Gasteiger partial charge in [0.05, 0.1) is 30.9 Å². The van der Waals surface area contributed by atoms with E-state index in [1.165, 1.54) is 12.1 Å². The fraction of sp³-hybridized carbons (Fsp3) is 0.529. The monoisotopic (exact) mass is 636 g/mol. The van der Waals surface area contributed by atoms with E-state index in [9.17, 15) is 9.59 Å². The minimum absolute atomic E-state index is 0.0380. The van der Waals surface area contributed by atoms with E-state index < -0.39 is 26.0 Å². The predicted octanol–water partition coefficient (Wildman–Crippen LogP) is 7.75. The molecule has 1 amide bonds. The topological polar surface area (TPSA) is 117 Å². The van der Waals surface area contributed by atoms with Gasteiger partial charge in [0.1, 0.15) is 11.4 Å². The van der Waals surface area contributed by atoms with Crippen molar-refractivity contribution in [2.45, 2.75) is 104 Å². The van der Waals surface area contributed by atoms with Gasteiger partial charge in [0.15, 0.2) is 14.2 Å². The Morgan fingerprint density at radius 2 is 1.82 bits per heavy atom. The number of nitrogens with two attached hydrogens (primary N) is 1. The molecule has 244 valence electrons. The Morgan fingerprint density at radius 1 is 1.13 bits per heavy atom. The van der Waals surface area contributed by atoms with Crippen molar-refractivity contribution in [3.8, 4) is 5.75 Å². The van der Waals surface area contributed by atoms with Crippen molar-refractivity contribution < 1.29 is 28.3 Å². The molecule has 0 fully saturated rings. The van der Waals surface area contributed by atoms with Gasteiger partial charge in [-0.15, -0.1) is 0 Å². The number of hydrogen-bond acceptors (Lipinski definition) is 7. The molecule has 0 unspecified atom stereocenters. The molecule has 2 aromatic rings. The van der Waals surface area contributed by atoms with Crippen molar-refractivity contribution in [1.82, 2.24) is 4.90 Å². The molecular formula is C34H48N4O6Si. The van der Waals surface area contributed by atoms with Crippen molar-refractivity contribution in [2.24, 2.45) is 10.9 Å². The van der Waals surface area contributed by atoms with E-state index in [0.717, 1.165) is 11.1 Å². The lowest BCUT2D eigenvalue weighted by Crippen LogP contribution is -2.45. The molecule has 2 aromatic carbocycles. The third-order valence-corrected chi connectivity index (χ3v) is 12.6. The number of hydrogen-bond donors (Lipinski definition) is 1. The van der Waals surface area contributed by atoms with Crippen LogP contribution in [0.25, 0.3) is 4.85 Å². The second-order valence-electron chi connectivity index (χ2n) is 14.0. The maximum Gasteiger partial charge on any atom is 0.410 e. The van der Waals surface area contributed by atoms with Crippen molar-refractivity contribution >= 4 is 31.9 Å². The highest BCUT2D eigenvalue weighted by molar-refractivity contribution is 6.74. The largest absolute Gasteiger partial charge is 0.502 e. The van der Waals surface area contributed by atoms with Gasteiger partial charge < -0.3 is 24.5 Å². The van der Waals surface area contributed by atoms with Crippen molar-refractivity contribution in [3.05, 3.63) is 70.1 Å². The summed E-state index contributed by atoms with van der Waals surface area (Å²) in [5, 5.41) is 3.99. The Labute approximate surface area is 268 Å². The van der Waals surface area contributed by atoms with Gasteiger partial charge in [-0.1, -0.05) is 44.1 Å². The lowest BCUT2D eigenvalue weighted by Gasteiger charge is -2.38. The number of carbonyl (C=O) groups is 2. The number of amides is 1. The van der Waals surface area contributed by atoms with Crippen LogP contribution in [0.4, 0.5) is 10.5 Å². The number of ether oxygens (including phenoxy) is 2. The van der Waals surface area contributed by atoms with Gasteiger partial charge in [0.2, 0.25) is 5.69 Å². The number of oxime groups is 1. The third kappa shape index (κ3) is 9.08. The maximum absolute atomic E-state index is 13.5. The molecule has 1 aliphatic rings. The predicted molar refractivity (Wildman–Crippen MR) is 178 cm³/mol. The molecule has 0 bridgehead atoms. The average Bonchev–Trinajstić information content (AvgIpc) is 3.36. The summed E-state index contributed by atoms with van der Waals surface area (Å²) in [5.74, 6) is -0.320. The molecule has 0 saturated heterocycles. The van der Waals surface area contributed by atoms with Gasteiger partial charge >= 0.3 is 12.1 Å². The van der Waals surface area contributed by atoms with Crippen molar-refractivity contribution in [2.75, 3.05) is 13.2 Å². The van der Waals surface area contributed by atoms with Gasteiger partial charge in [-0.2, -0.15) is 0 Å². The number of carbonyl (C=O) groups excluding carboxylic acids is 2. The summed E-state index contributed by atoms with van der Waals surface area (Å²) < 4.78 is 17.9. The normalized spacial score (nSPS) is 15.3. The molecule has 0 aliphatic heterocycles. The molecule has 0 saturated carbocycles. The summed E-state index contributed by atoms with van der Waals surface area (Å²) >= 11 is 0. The van der Waals surface area contributed by atoms with Gasteiger partial charge in [-0.05, 0) is 94.9 Å². The van der Waals surface area contributed by atoms with E-state index in [0.29, 0.717) is 37.3 Å². The molecule has 1 atom stereocenters. The molecule has 3 rings (SSSR count). The quantitative estimate of drug-likeness (QED) is 0.0708. The number of nitrogens with zero attached hydrogens (tertiary/aromatic N) is 3. The second-order valence-corrected chi connectivity index (χ2v) is 18.8. The van der Waals surface area contributed by atoms with Crippen LogP contribution >= 0.6 is 0 Å². The minimum atomic E-state index is -2.02. The summed E-state index contributed by atoms with van der Waals surface area (Å²) in [4.78, 5) is 36.7. The van der Waals surface area contributed by atoms with Gasteiger partial charge in [-0.25, -0.2) is 14.4 Å². The summed E-state index contributed by atoms with van der Waals surface area (Å²) in [6, 6.07) is 9.90. The Hall–Kier alpha value is -3.88. The van der Waals surface area contributed by atoms with Crippen LogP contribution in [-0.2, 0) is 20.4 Å². The summed E-state index contributed by atoms with van der Waals surface area (Å²) in [6.45, 7) is 28.4. The molecule has 45 heavy (non-hydrogen) atoms. The number of benzene rings is 2. The molecule has 1 aliphatic carbocycles. The van der Waals surface area contributed by atoms with Crippen LogP contribution in [0.15, 0.2) is 41.6 Å². The Kier molecular flexibility index (Phi) is 11.1. The number of amidine groups is 1. The first-order valence-corrected chi connectivity index (χ1v) is 18.2. The van der Waals surface area contributed by atoms with E-state index >= 15 is 0 Å². The Bertz CT molecular complexity index is 1470. The first kappa shape index (κ1) is 35.6. The van der Waals surface area contributed by atoms with Crippen LogP contribution in [0, 0.1) is 6.57 Å². The van der Waals surface area contributed by atoms with Gasteiger partial charge in [0.25, 0.3) is 0 Å². The van der Waals surface area contributed by atoms with Crippen LogP contribution in [0.1, 0.15) is 94.9 Å². The molecule has 0 aromatic heterocycles. The summed E-state index contributed by atoms with van der Waals surface area (Å²) in [6.07, 6.45) is 0.799. The van der Waals surface area contributed by atoms with Crippen LogP contribution in [-0.4, -0.2) is 56.0 Å². The lowest BCUT2D eigenvalue weighted by molar-refractivity contribution is 0.0125. The van der Waals surface area contributed by atoms with Crippen molar-refractivity contribution in [1.29, 1.82) is 0 Å². The van der Waals surface area contributed by atoms with Crippen LogP contribution in [0.3, 0.4) is 0 Å².